The van der Waals surface area contributed by atoms with Crippen molar-refractivity contribution >= 4 is 88.4 Å². The molecule has 0 aliphatic heterocycles. The lowest BCUT2D eigenvalue weighted by Crippen LogP contribution is -2.15. The molecule has 0 bridgehead atoms. The van der Waals surface area contributed by atoms with E-state index in [1.165, 1.54) is 82.5 Å². The number of fused-ring (bicyclic) bond motifs is 3. The molecule has 0 aliphatic carbocycles. The fourth-order valence-corrected chi connectivity index (χ4v) is 11.0. The molecule has 330 valence electrons. The van der Waals surface area contributed by atoms with Gasteiger partial charge in [0.2, 0.25) is 0 Å². The molecule has 0 saturated carbocycles. The smallest absolute Gasteiger partial charge is 0.159 e. The molecule has 1 heterocycles. The lowest BCUT2D eigenvalue weighted by molar-refractivity contribution is 0.573. The molecule has 0 spiro atoms. The van der Waals surface area contributed by atoms with Gasteiger partial charge in [0.05, 0.1) is 17.1 Å². The Morgan fingerprint density at radius 2 is 0.761 bits per heavy atom. The first-order valence-corrected chi connectivity index (χ1v) is 23.8. The quantitative estimate of drug-likeness (QED) is 0.149. The summed E-state index contributed by atoms with van der Waals surface area (Å²) in [4.78, 5) is 4.95. The van der Waals surface area contributed by atoms with E-state index in [0.29, 0.717) is 0 Å². The van der Waals surface area contributed by atoms with Crippen LogP contribution in [0.5, 0.6) is 0 Å². The summed E-state index contributed by atoms with van der Waals surface area (Å²) in [5, 5.41) is 9.61. The largest absolute Gasteiger partial charge is 0.454 e. The first-order valence-electron chi connectivity index (χ1n) is 23.8. The van der Waals surface area contributed by atoms with E-state index in [-0.39, 0.29) is 10.8 Å². The Morgan fingerprint density at radius 1 is 0.328 bits per heavy atom. The predicted molar refractivity (Wildman–Crippen MR) is 289 cm³/mol. The zero-order valence-electron chi connectivity index (χ0n) is 40.5. The molecule has 11 rings (SSSR count). The lowest BCUT2D eigenvalue weighted by Gasteiger charge is -2.32. The van der Waals surface area contributed by atoms with Crippen LogP contribution in [0.15, 0.2) is 174 Å². The molecule has 0 amide bonds. The van der Waals surface area contributed by atoms with E-state index >= 15 is 0 Å². The van der Waals surface area contributed by atoms with Gasteiger partial charge >= 0.3 is 0 Å². The van der Waals surface area contributed by atoms with Crippen molar-refractivity contribution in [3.8, 4) is 11.1 Å². The van der Waals surface area contributed by atoms with Gasteiger partial charge in [0, 0.05) is 44.2 Å². The fraction of sp³-hybridized carbons (Fsp3) is 0.188. The molecule has 0 saturated heterocycles. The summed E-state index contributed by atoms with van der Waals surface area (Å²) in [6.07, 6.45) is 0. The third-order valence-electron chi connectivity index (χ3n) is 14.3. The monoisotopic (exact) mass is 870 g/mol. The van der Waals surface area contributed by atoms with E-state index in [1.54, 1.807) is 0 Å². The highest BCUT2D eigenvalue weighted by atomic mass is 16.3. The minimum atomic E-state index is -0.0818. The Bertz CT molecular complexity index is 3720. The minimum absolute atomic E-state index is 0.0360. The normalized spacial score (nSPS) is 12.3. The van der Waals surface area contributed by atoms with Crippen LogP contribution in [-0.2, 0) is 10.8 Å². The third kappa shape index (κ3) is 6.77. The van der Waals surface area contributed by atoms with Crippen LogP contribution >= 0.6 is 0 Å². The van der Waals surface area contributed by atoms with Crippen molar-refractivity contribution in [1.29, 1.82) is 0 Å². The lowest BCUT2D eigenvalue weighted by atomic mass is 9.81. The van der Waals surface area contributed by atoms with Crippen LogP contribution in [0.4, 0.5) is 34.1 Å². The summed E-state index contributed by atoms with van der Waals surface area (Å²) in [7, 11) is 0. The number of furan rings is 1. The van der Waals surface area contributed by atoms with Gasteiger partial charge in [-0.15, -0.1) is 0 Å². The Hall–Kier alpha value is -7.36. The molecule has 11 aromatic rings. The van der Waals surface area contributed by atoms with Crippen LogP contribution in [0.25, 0.3) is 65.4 Å². The molecule has 3 heteroatoms. The van der Waals surface area contributed by atoms with Gasteiger partial charge in [0.25, 0.3) is 0 Å². The van der Waals surface area contributed by atoms with Crippen LogP contribution in [0.1, 0.15) is 74.9 Å². The molecule has 0 aliphatic rings. The number of hydrogen-bond donors (Lipinski definition) is 0. The summed E-state index contributed by atoms with van der Waals surface area (Å²) in [6, 6.07) is 63.0. The first-order chi connectivity index (χ1) is 32.2. The summed E-state index contributed by atoms with van der Waals surface area (Å²) in [5.74, 6) is 0. The molecule has 3 nitrogen and oxygen atoms in total. The zero-order valence-corrected chi connectivity index (χ0v) is 40.5. The van der Waals surface area contributed by atoms with Gasteiger partial charge in [0.15, 0.2) is 5.58 Å². The fourth-order valence-electron chi connectivity index (χ4n) is 11.0. The van der Waals surface area contributed by atoms with Gasteiger partial charge < -0.3 is 14.2 Å². The van der Waals surface area contributed by atoms with Crippen LogP contribution in [0.3, 0.4) is 0 Å². The number of hydrogen-bond acceptors (Lipinski definition) is 3. The number of aryl methyl sites for hydroxylation is 2. The molecule has 0 radical (unpaired) electrons. The van der Waals surface area contributed by atoms with Gasteiger partial charge in [-0.1, -0.05) is 175 Å². The average molecular weight is 871 g/mol. The maximum Gasteiger partial charge on any atom is 0.159 e. The van der Waals surface area contributed by atoms with Gasteiger partial charge in [0.1, 0.15) is 5.58 Å². The van der Waals surface area contributed by atoms with E-state index in [9.17, 15) is 0 Å². The maximum atomic E-state index is 7.09. The molecule has 67 heavy (non-hydrogen) atoms. The Labute approximate surface area is 395 Å². The Balaban J connectivity index is 1.17. The van der Waals surface area contributed by atoms with Crippen molar-refractivity contribution in [1.82, 2.24) is 0 Å². The van der Waals surface area contributed by atoms with Gasteiger partial charge in [-0.05, 0) is 135 Å². The van der Waals surface area contributed by atoms with Crippen molar-refractivity contribution in [3.05, 3.63) is 203 Å². The number of anilines is 6. The molecule has 0 unspecified atom stereocenters. The van der Waals surface area contributed by atoms with E-state index in [2.05, 4.69) is 249 Å². The molecular weight excluding hydrogens is 813 g/mol. The zero-order chi connectivity index (χ0) is 46.5. The van der Waals surface area contributed by atoms with Crippen molar-refractivity contribution in [2.75, 3.05) is 9.80 Å². The number of benzene rings is 10. The van der Waals surface area contributed by atoms with Crippen LogP contribution in [0, 0.1) is 27.7 Å². The van der Waals surface area contributed by atoms with E-state index in [1.807, 2.05) is 0 Å². The standard InChI is InChI=1S/C64H58N2O/c1-39-19-11-13-27-53(39)65(55-29-17-22-46(42(55)4)45-21-15-25-51(41(45)3)63(5,6)7)56-37-33-43-32-36-50-57(38-34-44-31-35-49(56)59(43)60(44)50)66(54-28-14-12-20-40(54)2)58-30-18-24-48-47-23-16-26-52(64(8,9)10)61(47)67-62(48)58/h11-38H,1-10H3. The average Bonchev–Trinajstić information content (AvgIpc) is 3.70. The van der Waals surface area contributed by atoms with Crippen LogP contribution < -0.4 is 9.80 Å². The summed E-state index contributed by atoms with van der Waals surface area (Å²) >= 11 is 0. The van der Waals surface area contributed by atoms with Crippen molar-refractivity contribution in [2.45, 2.75) is 80.1 Å². The molecular formula is C64H58N2O. The number of nitrogens with zero attached hydrogens (tertiary/aromatic N) is 2. The van der Waals surface area contributed by atoms with Gasteiger partial charge in [-0.3, -0.25) is 0 Å². The molecule has 0 fully saturated rings. The summed E-state index contributed by atoms with van der Waals surface area (Å²) < 4.78 is 7.09. The molecule has 0 N–H and O–H groups in total. The summed E-state index contributed by atoms with van der Waals surface area (Å²) in [5.41, 5.74) is 18.6. The van der Waals surface area contributed by atoms with Gasteiger partial charge in [-0.25, -0.2) is 0 Å². The number of para-hydroxylation sites is 4. The SMILES string of the molecule is Cc1ccccc1N(c1cccc(-c2cccc(C(C)(C)C)c2C)c1C)c1ccc2ccc3c(N(c4ccccc4C)c4cccc5c4oc4c(C(C)(C)C)cccc45)ccc4ccc1c2c43. The Kier molecular flexibility index (Phi) is 9.87. The topological polar surface area (TPSA) is 19.6 Å². The van der Waals surface area contributed by atoms with E-state index in [0.717, 1.165) is 50.4 Å². The van der Waals surface area contributed by atoms with Crippen LogP contribution in [0.2, 0.25) is 0 Å². The minimum Gasteiger partial charge on any atom is -0.454 e. The predicted octanol–water partition coefficient (Wildman–Crippen LogP) is 18.9. The van der Waals surface area contributed by atoms with Gasteiger partial charge in [-0.2, -0.15) is 0 Å². The number of rotatable bonds is 7. The third-order valence-corrected chi connectivity index (χ3v) is 14.3. The molecule has 10 aromatic carbocycles. The first kappa shape index (κ1) is 42.3. The van der Waals surface area contributed by atoms with Crippen molar-refractivity contribution < 1.29 is 4.42 Å². The van der Waals surface area contributed by atoms with E-state index in [4.69, 9.17) is 4.42 Å². The highest BCUT2D eigenvalue weighted by Crippen LogP contribution is 2.51. The van der Waals surface area contributed by atoms with Crippen LogP contribution in [-0.4, -0.2) is 0 Å². The molecule has 1 aromatic heterocycles. The second kappa shape index (κ2) is 15.6. The van der Waals surface area contributed by atoms with Crippen molar-refractivity contribution in [2.24, 2.45) is 0 Å². The molecule has 0 atom stereocenters. The summed E-state index contributed by atoms with van der Waals surface area (Å²) in [6.45, 7) is 22.7. The van der Waals surface area contributed by atoms with E-state index < -0.39 is 0 Å². The second-order valence-corrected chi connectivity index (χ2v) is 20.7. The highest BCUT2D eigenvalue weighted by Gasteiger charge is 2.28. The maximum absolute atomic E-state index is 7.09. The second-order valence-electron chi connectivity index (χ2n) is 20.7. The van der Waals surface area contributed by atoms with Crippen molar-refractivity contribution in [3.63, 3.8) is 0 Å². The Morgan fingerprint density at radius 3 is 1.33 bits per heavy atom. The highest BCUT2D eigenvalue weighted by molar-refractivity contribution is 6.28.